The van der Waals surface area contributed by atoms with Crippen LogP contribution in [0.15, 0.2) is 27.6 Å². The van der Waals surface area contributed by atoms with E-state index in [4.69, 9.17) is 4.52 Å². The van der Waals surface area contributed by atoms with E-state index in [0.29, 0.717) is 35.0 Å². The molecule has 1 fully saturated rings. The molecular formula is C18H23N3O4S. The number of carbonyl (C=O) groups is 1. The normalized spacial score (nSPS) is 16.1. The van der Waals surface area contributed by atoms with Gasteiger partial charge in [-0.15, -0.1) is 0 Å². The molecule has 0 atom stereocenters. The number of nitrogens with zero attached hydrogens (tertiary/aromatic N) is 3. The Morgan fingerprint density at radius 1 is 1.08 bits per heavy atom. The molecule has 0 radical (unpaired) electrons. The summed E-state index contributed by atoms with van der Waals surface area (Å²) in [5, 5.41) is 3.82. The number of sulfonamides is 1. The predicted octanol–water partition coefficient (Wildman–Crippen LogP) is 2.05. The van der Waals surface area contributed by atoms with E-state index >= 15 is 0 Å². The molecule has 26 heavy (non-hydrogen) atoms. The summed E-state index contributed by atoms with van der Waals surface area (Å²) in [6.07, 6.45) is 0. The van der Waals surface area contributed by atoms with Gasteiger partial charge in [-0.25, -0.2) is 8.42 Å². The van der Waals surface area contributed by atoms with Gasteiger partial charge in [0.05, 0.1) is 10.6 Å². The zero-order valence-electron chi connectivity index (χ0n) is 15.4. The van der Waals surface area contributed by atoms with Gasteiger partial charge in [-0.2, -0.15) is 4.31 Å². The van der Waals surface area contributed by atoms with Gasteiger partial charge in [-0.3, -0.25) is 4.79 Å². The minimum atomic E-state index is -3.57. The number of benzene rings is 1. The van der Waals surface area contributed by atoms with Crippen LogP contribution >= 0.6 is 0 Å². The highest BCUT2D eigenvalue weighted by Crippen LogP contribution is 2.23. The van der Waals surface area contributed by atoms with Gasteiger partial charge in [0.1, 0.15) is 11.3 Å². The van der Waals surface area contributed by atoms with E-state index in [-0.39, 0.29) is 19.0 Å². The van der Waals surface area contributed by atoms with Crippen LogP contribution in [0.25, 0.3) is 0 Å². The molecule has 0 unspecified atom stereocenters. The topological polar surface area (TPSA) is 83.7 Å². The van der Waals surface area contributed by atoms with Crippen LogP contribution in [0.5, 0.6) is 0 Å². The first-order chi connectivity index (χ1) is 12.2. The number of piperazine rings is 1. The van der Waals surface area contributed by atoms with Gasteiger partial charge in [0, 0.05) is 26.2 Å². The van der Waals surface area contributed by atoms with E-state index in [9.17, 15) is 13.2 Å². The molecule has 2 aromatic rings. The molecule has 0 spiro atoms. The Hall–Kier alpha value is -2.19. The van der Waals surface area contributed by atoms with E-state index in [1.165, 1.54) is 4.31 Å². The van der Waals surface area contributed by atoms with Crippen molar-refractivity contribution in [2.75, 3.05) is 26.2 Å². The summed E-state index contributed by atoms with van der Waals surface area (Å²) in [5.41, 5.74) is 2.65. The molecule has 3 rings (SSSR count). The van der Waals surface area contributed by atoms with Gasteiger partial charge in [-0.1, -0.05) is 17.3 Å². The zero-order valence-corrected chi connectivity index (χ0v) is 16.3. The molecule has 0 bridgehead atoms. The van der Waals surface area contributed by atoms with Crippen LogP contribution in [-0.2, 0) is 10.0 Å². The Labute approximate surface area is 153 Å². The third-order valence-corrected chi connectivity index (χ3v) is 6.78. The molecule has 1 aromatic carbocycles. The lowest BCUT2D eigenvalue weighted by Gasteiger charge is -2.34. The molecule has 0 saturated carbocycles. The van der Waals surface area contributed by atoms with Crippen LogP contribution in [0.3, 0.4) is 0 Å². The van der Waals surface area contributed by atoms with Crippen LogP contribution in [0.2, 0.25) is 0 Å². The average Bonchev–Trinajstić information content (AvgIpc) is 2.95. The maximum atomic E-state index is 13.0. The lowest BCUT2D eigenvalue weighted by Crippen LogP contribution is -2.50. The van der Waals surface area contributed by atoms with Gasteiger partial charge in [-0.05, 0) is 44.9 Å². The Morgan fingerprint density at radius 2 is 1.73 bits per heavy atom. The van der Waals surface area contributed by atoms with Crippen molar-refractivity contribution in [3.8, 4) is 0 Å². The molecule has 0 N–H and O–H groups in total. The number of amides is 1. The molecule has 7 nitrogen and oxygen atoms in total. The van der Waals surface area contributed by atoms with E-state index in [1.54, 1.807) is 31.7 Å². The maximum Gasteiger partial charge on any atom is 0.259 e. The molecule has 1 aromatic heterocycles. The standard InChI is InChI=1S/C18H23N3O4S/c1-12-5-6-13(2)16(11-12)26(23,24)21-9-7-20(8-10-21)18(22)17-14(3)19-25-15(17)4/h5-6,11H,7-10H2,1-4H3. The summed E-state index contributed by atoms with van der Waals surface area (Å²) < 4.78 is 32.5. The van der Waals surface area contributed by atoms with Gasteiger partial charge < -0.3 is 9.42 Å². The third-order valence-electron chi connectivity index (χ3n) is 4.73. The molecule has 1 amide bonds. The second-order valence-corrected chi connectivity index (χ2v) is 8.57. The molecule has 2 heterocycles. The third kappa shape index (κ3) is 3.26. The number of aryl methyl sites for hydroxylation is 4. The molecule has 1 aliphatic heterocycles. The minimum absolute atomic E-state index is 0.162. The number of carbonyl (C=O) groups excluding carboxylic acids is 1. The maximum absolute atomic E-state index is 13.0. The Morgan fingerprint density at radius 3 is 2.31 bits per heavy atom. The number of hydrogen-bond acceptors (Lipinski definition) is 5. The fourth-order valence-electron chi connectivity index (χ4n) is 3.20. The van der Waals surface area contributed by atoms with Crippen molar-refractivity contribution >= 4 is 15.9 Å². The lowest BCUT2D eigenvalue weighted by atomic mass is 10.1. The fourth-order valence-corrected chi connectivity index (χ4v) is 4.93. The van der Waals surface area contributed by atoms with Crippen molar-refractivity contribution in [1.29, 1.82) is 0 Å². The molecular weight excluding hydrogens is 354 g/mol. The van der Waals surface area contributed by atoms with E-state index < -0.39 is 10.0 Å². The van der Waals surface area contributed by atoms with E-state index in [0.717, 1.165) is 11.1 Å². The quantitative estimate of drug-likeness (QED) is 0.817. The zero-order chi connectivity index (χ0) is 19.1. The van der Waals surface area contributed by atoms with E-state index in [2.05, 4.69) is 5.16 Å². The second-order valence-electron chi connectivity index (χ2n) is 6.66. The van der Waals surface area contributed by atoms with Gasteiger partial charge in [0.25, 0.3) is 5.91 Å². The molecule has 140 valence electrons. The molecule has 8 heteroatoms. The average molecular weight is 377 g/mol. The number of rotatable bonds is 3. The van der Waals surface area contributed by atoms with Crippen molar-refractivity contribution < 1.29 is 17.7 Å². The second kappa shape index (κ2) is 6.85. The lowest BCUT2D eigenvalue weighted by molar-refractivity contribution is 0.0695. The van der Waals surface area contributed by atoms with Crippen LogP contribution in [0, 0.1) is 27.7 Å². The highest BCUT2D eigenvalue weighted by atomic mass is 32.2. The Kier molecular flexibility index (Phi) is 4.90. The van der Waals surface area contributed by atoms with Crippen LogP contribution in [-0.4, -0.2) is 54.9 Å². The SMILES string of the molecule is Cc1ccc(C)c(S(=O)(=O)N2CCN(C(=O)c3c(C)noc3C)CC2)c1. The van der Waals surface area contributed by atoms with Crippen LogP contribution < -0.4 is 0 Å². The van der Waals surface area contributed by atoms with Crippen molar-refractivity contribution in [2.45, 2.75) is 32.6 Å². The Balaban J connectivity index is 1.76. The van der Waals surface area contributed by atoms with E-state index in [1.807, 2.05) is 19.1 Å². The molecule has 1 aliphatic rings. The van der Waals surface area contributed by atoms with Crippen molar-refractivity contribution in [3.63, 3.8) is 0 Å². The summed E-state index contributed by atoms with van der Waals surface area (Å²) >= 11 is 0. The fraction of sp³-hybridized carbons (Fsp3) is 0.444. The summed E-state index contributed by atoms with van der Waals surface area (Å²) in [6, 6.07) is 5.42. The smallest absolute Gasteiger partial charge is 0.259 e. The summed E-state index contributed by atoms with van der Waals surface area (Å²) in [7, 11) is -3.57. The first-order valence-electron chi connectivity index (χ1n) is 8.51. The first-order valence-corrected chi connectivity index (χ1v) is 9.95. The van der Waals surface area contributed by atoms with Crippen molar-refractivity contribution in [2.24, 2.45) is 0 Å². The summed E-state index contributed by atoms with van der Waals surface area (Å²) in [6.45, 7) is 8.32. The summed E-state index contributed by atoms with van der Waals surface area (Å²) in [5.74, 6) is 0.322. The number of aromatic nitrogens is 1. The largest absolute Gasteiger partial charge is 0.361 e. The highest BCUT2D eigenvalue weighted by molar-refractivity contribution is 7.89. The first kappa shape index (κ1) is 18.6. The Bertz CT molecular complexity index is 922. The monoisotopic (exact) mass is 377 g/mol. The molecule has 0 aliphatic carbocycles. The van der Waals surface area contributed by atoms with Gasteiger partial charge in [0.2, 0.25) is 10.0 Å². The predicted molar refractivity (Wildman–Crippen MR) is 96.6 cm³/mol. The summed E-state index contributed by atoms with van der Waals surface area (Å²) in [4.78, 5) is 14.7. The highest BCUT2D eigenvalue weighted by Gasteiger charge is 2.32. The van der Waals surface area contributed by atoms with Crippen LogP contribution in [0.1, 0.15) is 32.9 Å². The van der Waals surface area contributed by atoms with Crippen LogP contribution in [0.4, 0.5) is 0 Å². The minimum Gasteiger partial charge on any atom is -0.361 e. The van der Waals surface area contributed by atoms with Gasteiger partial charge in [0.15, 0.2) is 0 Å². The van der Waals surface area contributed by atoms with Crippen molar-refractivity contribution in [3.05, 3.63) is 46.3 Å². The molecule has 1 saturated heterocycles. The number of hydrogen-bond donors (Lipinski definition) is 0. The van der Waals surface area contributed by atoms with Crippen molar-refractivity contribution in [1.82, 2.24) is 14.4 Å². The van der Waals surface area contributed by atoms with Gasteiger partial charge >= 0.3 is 0 Å².